The minimum Gasteiger partial charge on any atom is -0.497 e. The lowest BCUT2D eigenvalue weighted by atomic mass is 10.1. The van der Waals surface area contributed by atoms with Crippen LogP contribution < -0.4 is 30.8 Å². The zero-order valence-electron chi connectivity index (χ0n) is 49.0. The smallest absolute Gasteiger partial charge is 0.323 e. The van der Waals surface area contributed by atoms with E-state index in [-0.39, 0.29) is 96.4 Å². The first-order valence-electron chi connectivity index (χ1n) is 28.7. The summed E-state index contributed by atoms with van der Waals surface area (Å²) in [5.41, 5.74) is 11.8. The predicted molar refractivity (Wildman–Crippen MR) is 330 cm³/mol. The third-order valence-corrected chi connectivity index (χ3v) is 18.7. The first-order valence-corrected chi connectivity index (χ1v) is 32.5. The zero-order chi connectivity index (χ0) is 60.6. The average Bonchev–Trinajstić information content (AvgIpc) is 2.04. The number of ether oxygens (including phenoxy) is 5. The number of nitrogens with one attached hydrogen (secondary N) is 4. The van der Waals surface area contributed by atoms with Crippen LogP contribution in [-0.2, 0) is 79.5 Å². The fraction of sp³-hybridized carbons (Fsp3) is 0.365. The van der Waals surface area contributed by atoms with E-state index in [1.165, 1.54) is 6.33 Å². The van der Waals surface area contributed by atoms with Gasteiger partial charge in [0.2, 0.25) is 14.9 Å². The molecule has 0 spiro atoms. The molecule has 2 heterocycles. The molecule has 0 bridgehead atoms. The van der Waals surface area contributed by atoms with Gasteiger partial charge in [-0.25, -0.2) is 30.3 Å². The summed E-state index contributed by atoms with van der Waals surface area (Å²) in [4.78, 5) is 67.1. The summed E-state index contributed by atoms with van der Waals surface area (Å²) in [6.07, 6.45) is 3.29. The Labute approximate surface area is 497 Å². The van der Waals surface area contributed by atoms with Crippen molar-refractivity contribution in [3.05, 3.63) is 180 Å². The van der Waals surface area contributed by atoms with Gasteiger partial charge in [-0.2, -0.15) is 0 Å². The highest BCUT2D eigenvalue weighted by molar-refractivity contribution is 7.60. The molecule has 7 aromatic rings. The molecule has 0 saturated heterocycles. The Morgan fingerprint density at radius 2 is 0.871 bits per heavy atom. The average molecular weight is 1200 g/mol. The summed E-state index contributed by atoms with van der Waals surface area (Å²) < 4.78 is 62.3. The third kappa shape index (κ3) is 19.5. The maximum Gasteiger partial charge on any atom is 0.323 e. The van der Waals surface area contributed by atoms with Crippen LogP contribution in [0.5, 0.6) is 5.75 Å². The molecular formula is C63H79N9O11P2. The second kappa shape index (κ2) is 32.7. The van der Waals surface area contributed by atoms with Gasteiger partial charge in [0.05, 0.1) is 38.9 Å². The van der Waals surface area contributed by atoms with Gasteiger partial charge in [-0.15, -0.1) is 0 Å². The normalized spacial score (nSPS) is 13.2. The molecule has 7 rings (SSSR count). The van der Waals surface area contributed by atoms with Gasteiger partial charge >= 0.3 is 23.9 Å². The minimum atomic E-state index is -4.15. The molecule has 85 heavy (non-hydrogen) atoms. The van der Waals surface area contributed by atoms with Gasteiger partial charge in [0.15, 0.2) is 0 Å². The molecular weight excluding hydrogens is 1120 g/mol. The first kappa shape index (κ1) is 65.0. The minimum absolute atomic E-state index is 0.00263. The molecule has 0 saturated carbocycles. The topological polar surface area (TPSA) is 257 Å². The number of anilines is 1. The summed E-state index contributed by atoms with van der Waals surface area (Å²) in [6.45, 7) is 7.39. The number of benzene rings is 5. The molecule has 0 aliphatic heterocycles. The lowest BCUT2D eigenvalue weighted by Gasteiger charge is -2.33. The van der Waals surface area contributed by atoms with E-state index in [1.807, 2.05) is 161 Å². The Kier molecular flexibility index (Phi) is 25.0. The van der Waals surface area contributed by atoms with E-state index in [0.717, 1.165) is 33.4 Å². The molecule has 0 amide bonds. The quantitative estimate of drug-likeness (QED) is 0.0142. The van der Waals surface area contributed by atoms with Crippen molar-refractivity contribution in [2.75, 3.05) is 71.2 Å². The number of fused-ring (bicyclic) bond motifs is 1. The molecule has 0 fully saturated rings. The number of aromatic nitrogens is 3. The van der Waals surface area contributed by atoms with Crippen molar-refractivity contribution in [3.8, 4) is 16.9 Å². The van der Waals surface area contributed by atoms with Crippen LogP contribution in [0.25, 0.3) is 22.2 Å². The predicted octanol–water partition coefficient (Wildman–Crippen LogP) is 8.43. The maximum absolute atomic E-state index is 16.2. The van der Waals surface area contributed by atoms with Crippen molar-refractivity contribution >= 4 is 55.6 Å². The number of nitrogens with two attached hydrogens (primary N) is 1. The van der Waals surface area contributed by atoms with E-state index >= 15 is 9.13 Å². The van der Waals surface area contributed by atoms with Gasteiger partial charge in [0.25, 0.3) is 0 Å². The first-order chi connectivity index (χ1) is 41.1. The summed E-state index contributed by atoms with van der Waals surface area (Å²) in [5.74, 6) is -1.66. The zero-order valence-corrected chi connectivity index (χ0v) is 50.8. The number of esters is 4. The molecule has 5 aromatic carbocycles. The van der Waals surface area contributed by atoms with Crippen LogP contribution in [-0.4, -0.2) is 133 Å². The largest absolute Gasteiger partial charge is 0.497 e. The third-order valence-electron chi connectivity index (χ3n) is 14.1. The van der Waals surface area contributed by atoms with Crippen molar-refractivity contribution < 1.29 is 52.0 Å². The van der Waals surface area contributed by atoms with Crippen molar-refractivity contribution in [3.63, 3.8) is 0 Å². The van der Waals surface area contributed by atoms with Crippen LogP contribution in [0.15, 0.2) is 158 Å². The molecule has 0 aliphatic rings. The molecule has 20 nitrogen and oxygen atoms in total. The van der Waals surface area contributed by atoms with Crippen LogP contribution in [0.2, 0.25) is 0 Å². The highest BCUT2D eigenvalue weighted by Crippen LogP contribution is 2.41. The van der Waals surface area contributed by atoms with Gasteiger partial charge in [0.1, 0.15) is 47.7 Å². The number of hydrogen-bond acceptors (Lipinski definition) is 15. The second-order valence-electron chi connectivity index (χ2n) is 20.2. The number of rotatable bonds is 35. The van der Waals surface area contributed by atoms with E-state index in [1.54, 1.807) is 34.8 Å². The number of hydrogen-bond donors (Lipinski definition) is 5. The van der Waals surface area contributed by atoms with Crippen LogP contribution in [0.1, 0.15) is 49.9 Å². The van der Waals surface area contributed by atoms with E-state index in [0.29, 0.717) is 16.8 Å². The standard InChI is InChI=1S/C63H79N9O11P2/c1-6-80-60(73)53(40-46-22-14-10-15-23-46)67-84(77,68-54(61(74)81-7-2)41-47-24-16-11-17-25-47)38-36-71(34-35-72-44-52(50-30-32-51(79-5)33-31-50)57-58(64)65-45-66-59(57)72)37-39-85(78,69-55(62(75)82-8-3)42-48-26-18-12-19-27-48)70-56(63(76)83-9-4)43-49-28-20-13-21-29-49/h10-33,44-45,53-56H,6-9,34-43H2,1-5H3,(H2,64,65,66)(H2,67,68,77)(H2,69,70,78)/t53-,54-,55-,56-/m0/s1. The Hall–Kier alpha value is -7.54. The number of carbonyl (C=O) groups excluding carboxylic acids is 4. The van der Waals surface area contributed by atoms with Crippen LogP contribution >= 0.6 is 14.9 Å². The van der Waals surface area contributed by atoms with Gasteiger partial charge in [-0.1, -0.05) is 133 Å². The van der Waals surface area contributed by atoms with Gasteiger partial charge in [-0.05, 0) is 93.3 Å². The van der Waals surface area contributed by atoms with Crippen molar-refractivity contribution in [1.29, 1.82) is 0 Å². The maximum atomic E-state index is 16.2. The molecule has 0 aliphatic carbocycles. The highest BCUT2D eigenvalue weighted by atomic mass is 31.2. The Bertz CT molecular complexity index is 3040. The van der Waals surface area contributed by atoms with E-state index in [2.05, 4.69) is 30.3 Å². The Balaban J connectivity index is 1.32. The summed E-state index contributed by atoms with van der Waals surface area (Å²) >= 11 is 0. The number of nitrogens with zero attached hydrogens (tertiary/aromatic N) is 4. The van der Waals surface area contributed by atoms with Crippen molar-refractivity contribution in [1.82, 2.24) is 39.8 Å². The highest BCUT2D eigenvalue weighted by Gasteiger charge is 2.38. The molecule has 0 radical (unpaired) electrons. The van der Waals surface area contributed by atoms with Crippen LogP contribution in [0, 0.1) is 0 Å². The molecule has 6 N–H and O–H groups in total. The Morgan fingerprint density at radius 1 is 0.518 bits per heavy atom. The molecule has 2 aromatic heterocycles. The molecule has 0 unspecified atom stereocenters. The molecule has 4 atom stereocenters. The summed E-state index contributed by atoms with van der Waals surface area (Å²) in [7, 11) is -6.70. The molecule has 452 valence electrons. The van der Waals surface area contributed by atoms with Crippen molar-refractivity contribution in [2.24, 2.45) is 0 Å². The van der Waals surface area contributed by atoms with Gasteiger partial charge in [0, 0.05) is 50.3 Å². The van der Waals surface area contributed by atoms with Gasteiger partial charge < -0.3 is 38.9 Å². The fourth-order valence-electron chi connectivity index (χ4n) is 9.89. The Morgan fingerprint density at radius 3 is 1.20 bits per heavy atom. The monoisotopic (exact) mass is 1200 g/mol. The lowest BCUT2D eigenvalue weighted by Crippen LogP contribution is -2.48. The van der Waals surface area contributed by atoms with Crippen LogP contribution in [0.4, 0.5) is 5.82 Å². The van der Waals surface area contributed by atoms with E-state index < -0.39 is 62.9 Å². The van der Waals surface area contributed by atoms with E-state index in [4.69, 9.17) is 29.4 Å². The molecule has 22 heteroatoms. The SMILES string of the molecule is CCOC(=O)[C@H](Cc1ccccc1)NP(=O)(CCN(CCn1cc(-c2ccc(OC)cc2)c2c(N)ncnc21)CCP(=O)(N[C@@H](Cc1ccccc1)C(=O)OCC)N[C@@H](Cc1ccccc1)C(=O)OCC)N[C@@H](Cc1ccccc1)C(=O)OCC. The summed E-state index contributed by atoms with van der Waals surface area (Å²) in [5, 5.41) is 13.4. The van der Waals surface area contributed by atoms with Crippen molar-refractivity contribution in [2.45, 2.75) is 84.1 Å². The van der Waals surface area contributed by atoms with Gasteiger partial charge in [-0.3, -0.25) is 28.3 Å². The van der Waals surface area contributed by atoms with E-state index in [9.17, 15) is 19.2 Å². The fourth-order valence-corrected chi connectivity index (χ4v) is 14.5. The second-order valence-corrected chi connectivity index (χ2v) is 25.1. The number of methoxy groups -OCH3 is 1. The van der Waals surface area contributed by atoms with Crippen LogP contribution in [0.3, 0.4) is 0 Å². The number of nitrogen functional groups attached to an aromatic ring is 1. The lowest BCUT2D eigenvalue weighted by molar-refractivity contribution is -0.146. The number of carbonyl (C=O) groups is 4. The summed E-state index contributed by atoms with van der Waals surface area (Å²) in [6, 6.07) is 39.9.